The number of benzene rings is 1. The van der Waals surface area contributed by atoms with E-state index >= 15 is 0 Å². The lowest BCUT2D eigenvalue weighted by molar-refractivity contribution is 0.114. The second-order valence-electron chi connectivity index (χ2n) is 6.54. The van der Waals surface area contributed by atoms with Gasteiger partial charge >= 0.3 is 6.09 Å². The number of hydrogen-bond acceptors (Lipinski definition) is 3. The zero-order chi connectivity index (χ0) is 15.3. The van der Waals surface area contributed by atoms with Gasteiger partial charge in [-0.15, -0.1) is 0 Å². The zero-order valence-electron chi connectivity index (χ0n) is 13.1. The number of ether oxygens (including phenoxy) is 1. The van der Waals surface area contributed by atoms with Gasteiger partial charge in [0.1, 0.15) is 0 Å². The molecule has 4 heteroatoms. The van der Waals surface area contributed by atoms with Crippen LogP contribution in [-0.2, 0) is 6.54 Å². The number of aromatic nitrogens is 1. The van der Waals surface area contributed by atoms with Gasteiger partial charge in [0.15, 0.2) is 0 Å². The van der Waals surface area contributed by atoms with Gasteiger partial charge in [-0.05, 0) is 44.4 Å². The molecule has 0 N–H and O–H groups in total. The van der Waals surface area contributed by atoms with Gasteiger partial charge in [0.2, 0.25) is 5.88 Å². The third-order valence-corrected chi connectivity index (χ3v) is 4.82. The molecule has 1 fully saturated rings. The quantitative estimate of drug-likeness (QED) is 0.795. The first-order valence-corrected chi connectivity index (χ1v) is 8.01. The fraction of sp³-hybridized carbons (Fsp3) is 0.444. The van der Waals surface area contributed by atoms with Crippen LogP contribution in [0.5, 0.6) is 5.88 Å². The fourth-order valence-electron chi connectivity index (χ4n) is 3.76. The first-order valence-electron chi connectivity index (χ1n) is 8.01. The third kappa shape index (κ3) is 2.14. The van der Waals surface area contributed by atoms with E-state index in [1.165, 1.54) is 18.4 Å². The first-order chi connectivity index (χ1) is 10.6. The summed E-state index contributed by atoms with van der Waals surface area (Å²) in [7, 11) is 0. The number of pyridine rings is 1. The molecule has 1 aromatic heterocycles. The van der Waals surface area contributed by atoms with Crippen LogP contribution < -0.4 is 4.74 Å². The van der Waals surface area contributed by atoms with E-state index < -0.39 is 0 Å². The summed E-state index contributed by atoms with van der Waals surface area (Å²) in [5, 5.41) is 1.13. The lowest BCUT2D eigenvalue weighted by Crippen LogP contribution is -2.43. The minimum atomic E-state index is -0.240. The van der Waals surface area contributed by atoms with Crippen LogP contribution in [0.4, 0.5) is 4.79 Å². The maximum atomic E-state index is 12.3. The van der Waals surface area contributed by atoms with Gasteiger partial charge in [-0.2, -0.15) is 0 Å². The molecule has 4 nitrogen and oxygen atoms in total. The van der Waals surface area contributed by atoms with Gasteiger partial charge in [0.25, 0.3) is 0 Å². The highest BCUT2D eigenvalue weighted by atomic mass is 16.6. The topological polar surface area (TPSA) is 42.4 Å². The normalized spacial score (nSPS) is 18.6. The van der Waals surface area contributed by atoms with Gasteiger partial charge in [-0.1, -0.05) is 24.5 Å². The molecule has 114 valence electrons. The minimum Gasteiger partial charge on any atom is -0.391 e. The molecule has 0 unspecified atom stereocenters. The van der Waals surface area contributed by atoms with Crippen molar-refractivity contribution >= 4 is 17.0 Å². The Hall–Kier alpha value is -2.10. The van der Waals surface area contributed by atoms with Crippen LogP contribution in [0.3, 0.4) is 0 Å². The molecule has 4 rings (SSSR count). The number of aryl methyl sites for hydroxylation is 2. The van der Waals surface area contributed by atoms with Crippen LogP contribution in [0, 0.1) is 13.8 Å². The largest absolute Gasteiger partial charge is 0.417 e. The maximum Gasteiger partial charge on any atom is 0.417 e. The molecule has 22 heavy (non-hydrogen) atoms. The molecule has 1 aliphatic heterocycles. The van der Waals surface area contributed by atoms with Gasteiger partial charge in [0, 0.05) is 17.0 Å². The summed E-state index contributed by atoms with van der Waals surface area (Å²) in [6.07, 6.45) is 4.34. The Labute approximate surface area is 130 Å². The summed E-state index contributed by atoms with van der Waals surface area (Å²) in [6.45, 7) is 4.76. The second kappa shape index (κ2) is 4.97. The Bertz CT molecular complexity index is 763. The van der Waals surface area contributed by atoms with Crippen molar-refractivity contribution in [3.63, 3.8) is 0 Å². The molecule has 0 bridgehead atoms. The van der Waals surface area contributed by atoms with Crippen LogP contribution >= 0.6 is 0 Å². The van der Waals surface area contributed by atoms with Gasteiger partial charge in [0.05, 0.1) is 12.1 Å². The van der Waals surface area contributed by atoms with E-state index in [1.54, 1.807) is 0 Å². The monoisotopic (exact) mass is 296 g/mol. The van der Waals surface area contributed by atoms with E-state index in [4.69, 9.17) is 4.74 Å². The van der Waals surface area contributed by atoms with Crippen LogP contribution in [0.1, 0.15) is 42.4 Å². The summed E-state index contributed by atoms with van der Waals surface area (Å²) in [4.78, 5) is 18.8. The highest BCUT2D eigenvalue weighted by Crippen LogP contribution is 2.33. The number of hydrogen-bond donors (Lipinski definition) is 0. The summed E-state index contributed by atoms with van der Waals surface area (Å²) >= 11 is 0. The molecular weight excluding hydrogens is 276 g/mol. The standard InChI is InChI=1S/C18H20N2O2/c1-11-7-12(2)16-13(8-11)9-14-10-20(15-5-3-4-6-15)18(21)22-17(14)19-16/h7-9,15H,3-6,10H2,1-2H3. The third-order valence-electron chi connectivity index (χ3n) is 4.82. The molecule has 1 aromatic carbocycles. The number of carbonyl (C=O) groups is 1. The van der Waals surface area contributed by atoms with Crippen LogP contribution in [0.25, 0.3) is 10.9 Å². The molecule has 0 atom stereocenters. The fourth-order valence-corrected chi connectivity index (χ4v) is 3.76. The number of amides is 1. The van der Waals surface area contributed by atoms with E-state index in [2.05, 4.69) is 30.1 Å². The summed E-state index contributed by atoms with van der Waals surface area (Å²) in [5.74, 6) is 0.485. The maximum absolute atomic E-state index is 12.3. The first kappa shape index (κ1) is 13.6. The summed E-state index contributed by atoms with van der Waals surface area (Å²) in [5.41, 5.74) is 4.29. The zero-order valence-corrected chi connectivity index (χ0v) is 13.1. The van der Waals surface area contributed by atoms with E-state index in [0.29, 0.717) is 18.5 Å². The average Bonchev–Trinajstić information content (AvgIpc) is 2.99. The molecule has 0 spiro atoms. The molecule has 0 radical (unpaired) electrons. The lowest BCUT2D eigenvalue weighted by Gasteiger charge is -2.32. The number of carbonyl (C=O) groups excluding carboxylic acids is 1. The molecule has 1 saturated carbocycles. The predicted octanol–water partition coefficient (Wildman–Crippen LogP) is 4.11. The molecular formula is C18H20N2O2. The van der Waals surface area contributed by atoms with Gasteiger partial charge in [-0.25, -0.2) is 9.78 Å². The van der Waals surface area contributed by atoms with E-state index in [-0.39, 0.29) is 6.09 Å². The predicted molar refractivity (Wildman–Crippen MR) is 85.0 cm³/mol. The molecule has 2 heterocycles. The Balaban J connectivity index is 1.77. The lowest BCUT2D eigenvalue weighted by atomic mass is 10.0. The van der Waals surface area contributed by atoms with Gasteiger partial charge in [-0.3, -0.25) is 0 Å². The van der Waals surface area contributed by atoms with Crippen molar-refractivity contribution in [2.24, 2.45) is 0 Å². The van der Waals surface area contributed by atoms with Crippen LogP contribution in [0.15, 0.2) is 18.2 Å². The van der Waals surface area contributed by atoms with E-state index in [9.17, 15) is 4.79 Å². The van der Waals surface area contributed by atoms with Crippen molar-refractivity contribution in [1.82, 2.24) is 9.88 Å². The Morgan fingerprint density at radius 2 is 1.95 bits per heavy atom. The highest BCUT2D eigenvalue weighted by Gasteiger charge is 2.33. The van der Waals surface area contributed by atoms with E-state index in [1.807, 2.05) is 11.8 Å². The summed E-state index contributed by atoms with van der Waals surface area (Å²) < 4.78 is 5.53. The number of rotatable bonds is 1. The van der Waals surface area contributed by atoms with Crippen molar-refractivity contribution in [3.8, 4) is 5.88 Å². The molecule has 2 aromatic rings. The van der Waals surface area contributed by atoms with Crippen molar-refractivity contribution in [2.45, 2.75) is 52.1 Å². The van der Waals surface area contributed by atoms with Gasteiger partial charge < -0.3 is 9.64 Å². The smallest absolute Gasteiger partial charge is 0.391 e. The van der Waals surface area contributed by atoms with Crippen molar-refractivity contribution < 1.29 is 9.53 Å². The van der Waals surface area contributed by atoms with E-state index in [0.717, 1.165) is 34.9 Å². The molecule has 1 aliphatic carbocycles. The van der Waals surface area contributed by atoms with Crippen molar-refractivity contribution in [1.29, 1.82) is 0 Å². The minimum absolute atomic E-state index is 0.240. The number of fused-ring (bicyclic) bond motifs is 2. The molecule has 2 aliphatic rings. The molecule has 1 amide bonds. The Morgan fingerprint density at radius 3 is 2.73 bits per heavy atom. The number of nitrogens with zero attached hydrogens (tertiary/aromatic N) is 2. The van der Waals surface area contributed by atoms with Crippen LogP contribution in [-0.4, -0.2) is 22.0 Å². The van der Waals surface area contributed by atoms with Crippen molar-refractivity contribution in [3.05, 3.63) is 34.9 Å². The Morgan fingerprint density at radius 1 is 1.18 bits per heavy atom. The van der Waals surface area contributed by atoms with Crippen LogP contribution in [0.2, 0.25) is 0 Å². The molecule has 0 saturated heterocycles. The van der Waals surface area contributed by atoms with Crippen molar-refractivity contribution in [2.75, 3.05) is 0 Å². The SMILES string of the molecule is Cc1cc(C)c2nc3c(cc2c1)CN(C1CCCC1)C(=O)O3. The summed E-state index contributed by atoms with van der Waals surface area (Å²) in [6, 6.07) is 6.71. The highest BCUT2D eigenvalue weighted by molar-refractivity contribution is 5.85. The second-order valence-corrected chi connectivity index (χ2v) is 6.54. The average molecular weight is 296 g/mol. The Kier molecular flexibility index (Phi) is 3.06.